The van der Waals surface area contributed by atoms with Crippen molar-refractivity contribution in [2.24, 2.45) is 0 Å². The summed E-state index contributed by atoms with van der Waals surface area (Å²) in [6.07, 6.45) is -1.81. The van der Waals surface area contributed by atoms with Crippen LogP contribution in [-0.4, -0.2) is 35.9 Å². The van der Waals surface area contributed by atoms with Crippen molar-refractivity contribution in [3.63, 3.8) is 0 Å². The van der Waals surface area contributed by atoms with Crippen LogP contribution in [0.3, 0.4) is 0 Å². The Morgan fingerprint density at radius 1 is 1.29 bits per heavy atom. The minimum absolute atomic E-state index is 0.305. The monoisotopic (exact) mass is 416 g/mol. The first-order chi connectivity index (χ1) is 8.04. The summed E-state index contributed by atoms with van der Waals surface area (Å²) in [5.41, 5.74) is 0.596. The summed E-state index contributed by atoms with van der Waals surface area (Å²) >= 11 is 5.22. The number of aliphatic hydroxyl groups excluding tert-OH is 2. The van der Waals surface area contributed by atoms with Crippen LogP contribution >= 0.6 is 38.5 Å². The van der Waals surface area contributed by atoms with E-state index in [2.05, 4.69) is 38.5 Å². The maximum Gasteiger partial charge on any atom is 0.174 e. The van der Waals surface area contributed by atoms with Gasteiger partial charge in [0.1, 0.15) is 6.10 Å². The SMILES string of the molecule is COc1cc(C(O)C(O)CBr)cc(I)c1OC. The molecule has 2 N–H and O–H groups in total. The first-order valence-electron chi connectivity index (χ1n) is 4.88. The molecule has 0 aliphatic rings. The van der Waals surface area contributed by atoms with Gasteiger partial charge in [0.05, 0.1) is 23.9 Å². The van der Waals surface area contributed by atoms with Gasteiger partial charge in [-0.15, -0.1) is 0 Å². The van der Waals surface area contributed by atoms with Gasteiger partial charge in [-0.2, -0.15) is 0 Å². The largest absolute Gasteiger partial charge is 0.493 e. The number of rotatable bonds is 5. The van der Waals surface area contributed by atoms with Gasteiger partial charge in [-0.1, -0.05) is 15.9 Å². The minimum Gasteiger partial charge on any atom is -0.493 e. The molecule has 6 heteroatoms. The van der Waals surface area contributed by atoms with Gasteiger partial charge < -0.3 is 19.7 Å². The molecule has 2 atom stereocenters. The Hall–Kier alpha value is -0.0500. The molecule has 1 rings (SSSR count). The van der Waals surface area contributed by atoms with Crippen molar-refractivity contribution in [3.05, 3.63) is 21.3 Å². The fraction of sp³-hybridized carbons (Fsp3) is 0.455. The van der Waals surface area contributed by atoms with Crippen molar-refractivity contribution < 1.29 is 19.7 Å². The van der Waals surface area contributed by atoms with Crippen molar-refractivity contribution in [2.75, 3.05) is 19.5 Å². The molecule has 4 nitrogen and oxygen atoms in total. The van der Waals surface area contributed by atoms with Crippen molar-refractivity contribution in [2.45, 2.75) is 12.2 Å². The zero-order valence-electron chi connectivity index (χ0n) is 9.48. The standard InChI is InChI=1S/C11H14BrIO4/c1-16-9-4-6(10(15)8(14)5-12)3-7(13)11(9)17-2/h3-4,8,10,14-15H,5H2,1-2H3. The summed E-state index contributed by atoms with van der Waals surface area (Å²) in [4.78, 5) is 0. The topological polar surface area (TPSA) is 58.9 Å². The maximum atomic E-state index is 9.92. The third kappa shape index (κ3) is 3.46. The van der Waals surface area contributed by atoms with E-state index in [1.54, 1.807) is 19.2 Å². The molecule has 0 aromatic heterocycles. The molecule has 96 valence electrons. The van der Waals surface area contributed by atoms with E-state index in [0.29, 0.717) is 22.4 Å². The highest BCUT2D eigenvalue weighted by molar-refractivity contribution is 14.1. The zero-order chi connectivity index (χ0) is 13.0. The third-order valence-electron chi connectivity index (χ3n) is 2.32. The Kier molecular flexibility index (Phi) is 5.98. The summed E-state index contributed by atoms with van der Waals surface area (Å²) in [6, 6.07) is 3.43. The number of hydrogen-bond donors (Lipinski definition) is 2. The van der Waals surface area contributed by atoms with E-state index >= 15 is 0 Å². The number of methoxy groups -OCH3 is 2. The smallest absolute Gasteiger partial charge is 0.174 e. The maximum absolute atomic E-state index is 9.92. The number of halogens is 2. The average Bonchev–Trinajstić information content (AvgIpc) is 2.35. The van der Waals surface area contributed by atoms with Crippen molar-refractivity contribution in [3.8, 4) is 11.5 Å². The Morgan fingerprint density at radius 2 is 1.94 bits per heavy atom. The second-order valence-corrected chi connectivity index (χ2v) is 5.21. The second kappa shape index (κ2) is 6.77. The summed E-state index contributed by atoms with van der Waals surface area (Å²) in [6.45, 7) is 0. The predicted molar refractivity (Wildman–Crippen MR) is 77.0 cm³/mol. The minimum atomic E-state index is -0.956. The third-order valence-corrected chi connectivity index (χ3v) is 3.78. The lowest BCUT2D eigenvalue weighted by atomic mass is 10.0. The molecule has 0 heterocycles. The van der Waals surface area contributed by atoms with E-state index in [1.807, 2.05) is 0 Å². The molecule has 0 amide bonds. The Morgan fingerprint density at radius 3 is 2.41 bits per heavy atom. The molecule has 0 aliphatic heterocycles. The molecule has 0 aliphatic carbocycles. The van der Waals surface area contributed by atoms with Crippen LogP contribution in [0.4, 0.5) is 0 Å². The highest BCUT2D eigenvalue weighted by atomic mass is 127. The van der Waals surface area contributed by atoms with Crippen molar-refractivity contribution in [1.29, 1.82) is 0 Å². The van der Waals surface area contributed by atoms with E-state index in [-0.39, 0.29) is 0 Å². The Labute approximate surface area is 122 Å². The second-order valence-electron chi connectivity index (χ2n) is 3.40. The lowest BCUT2D eigenvalue weighted by Gasteiger charge is -2.18. The van der Waals surface area contributed by atoms with Crippen LogP contribution in [-0.2, 0) is 0 Å². The van der Waals surface area contributed by atoms with Crippen LogP contribution in [0, 0.1) is 3.57 Å². The number of aliphatic hydroxyl groups is 2. The summed E-state index contributed by atoms with van der Waals surface area (Å²) in [5, 5.41) is 19.8. The summed E-state index contributed by atoms with van der Waals surface area (Å²) < 4.78 is 11.2. The normalized spacial score (nSPS) is 14.2. The van der Waals surface area contributed by atoms with Gasteiger partial charge in [0.2, 0.25) is 0 Å². The first kappa shape index (κ1) is 15.0. The number of ether oxygens (including phenoxy) is 2. The number of alkyl halides is 1. The number of hydrogen-bond acceptors (Lipinski definition) is 4. The highest BCUT2D eigenvalue weighted by Gasteiger charge is 2.20. The van der Waals surface area contributed by atoms with Gasteiger partial charge >= 0.3 is 0 Å². The summed E-state index contributed by atoms with van der Waals surface area (Å²) in [5.74, 6) is 1.16. The molecule has 0 spiro atoms. The van der Waals surface area contributed by atoms with Gasteiger partial charge in [-0.05, 0) is 40.3 Å². The van der Waals surface area contributed by atoms with Crippen LogP contribution in [0.1, 0.15) is 11.7 Å². The van der Waals surface area contributed by atoms with E-state index in [1.165, 1.54) is 7.11 Å². The van der Waals surface area contributed by atoms with Gasteiger partial charge in [0.25, 0.3) is 0 Å². The van der Waals surface area contributed by atoms with Crippen LogP contribution in [0.5, 0.6) is 11.5 Å². The molecule has 0 bridgehead atoms. The molecule has 2 unspecified atom stereocenters. The molecular weight excluding hydrogens is 403 g/mol. The van der Waals surface area contributed by atoms with E-state index in [9.17, 15) is 10.2 Å². The van der Waals surface area contributed by atoms with Gasteiger partial charge in [-0.25, -0.2) is 0 Å². The van der Waals surface area contributed by atoms with Crippen molar-refractivity contribution >= 4 is 38.5 Å². The van der Waals surface area contributed by atoms with Crippen LogP contribution < -0.4 is 9.47 Å². The zero-order valence-corrected chi connectivity index (χ0v) is 13.2. The average molecular weight is 417 g/mol. The lowest BCUT2D eigenvalue weighted by molar-refractivity contribution is 0.0341. The fourth-order valence-corrected chi connectivity index (χ4v) is 2.61. The van der Waals surface area contributed by atoms with Gasteiger partial charge in [0.15, 0.2) is 11.5 Å². The Balaban J connectivity index is 3.15. The highest BCUT2D eigenvalue weighted by Crippen LogP contribution is 2.35. The van der Waals surface area contributed by atoms with E-state index in [4.69, 9.17) is 9.47 Å². The molecule has 1 aromatic rings. The molecule has 0 fully saturated rings. The predicted octanol–water partition coefficient (Wildman–Crippen LogP) is 2.10. The van der Waals surface area contributed by atoms with E-state index < -0.39 is 12.2 Å². The Bertz CT molecular complexity index is 386. The molecule has 0 radical (unpaired) electrons. The fourth-order valence-electron chi connectivity index (χ4n) is 1.42. The molecule has 0 saturated heterocycles. The number of benzene rings is 1. The lowest BCUT2D eigenvalue weighted by Crippen LogP contribution is -2.19. The van der Waals surface area contributed by atoms with Crippen LogP contribution in [0.2, 0.25) is 0 Å². The summed E-state index contributed by atoms with van der Waals surface area (Å²) in [7, 11) is 3.09. The molecule has 17 heavy (non-hydrogen) atoms. The molecular formula is C11H14BrIO4. The molecule has 1 aromatic carbocycles. The first-order valence-corrected chi connectivity index (χ1v) is 7.08. The van der Waals surface area contributed by atoms with Crippen LogP contribution in [0.25, 0.3) is 0 Å². The van der Waals surface area contributed by atoms with Crippen molar-refractivity contribution in [1.82, 2.24) is 0 Å². The van der Waals surface area contributed by atoms with Gasteiger partial charge in [0, 0.05) is 5.33 Å². The van der Waals surface area contributed by atoms with E-state index in [0.717, 1.165) is 3.57 Å². The van der Waals surface area contributed by atoms with Gasteiger partial charge in [-0.3, -0.25) is 0 Å². The quantitative estimate of drug-likeness (QED) is 0.570. The van der Waals surface area contributed by atoms with Crippen LogP contribution in [0.15, 0.2) is 12.1 Å². The molecule has 0 saturated carbocycles.